The molecule has 2 heterocycles. The first kappa shape index (κ1) is 22.4. The number of hydrogen-bond donors (Lipinski definition) is 2. The van der Waals surface area contributed by atoms with Crippen LogP contribution in [-0.2, 0) is 24.1 Å². The van der Waals surface area contributed by atoms with Crippen LogP contribution < -0.4 is 10.6 Å². The number of carbonyl (C=O) groups excluding carboxylic acids is 1. The summed E-state index contributed by atoms with van der Waals surface area (Å²) in [5, 5.41) is 7.52. The van der Waals surface area contributed by atoms with Gasteiger partial charge < -0.3 is 19.8 Å². The molecule has 2 aromatic rings. The van der Waals surface area contributed by atoms with Crippen LogP contribution in [0.3, 0.4) is 0 Å². The Morgan fingerprint density at radius 2 is 2.19 bits per heavy atom. The van der Waals surface area contributed by atoms with E-state index in [1.165, 1.54) is 12.0 Å². The van der Waals surface area contributed by atoms with E-state index < -0.39 is 5.97 Å². The van der Waals surface area contributed by atoms with Crippen molar-refractivity contribution in [3.05, 3.63) is 39.2 Å². The summed E-state index contributed by atoms with van der Waals surface area (Å²) >= 11 is 1.74. The number of furan rings is 1. The molecule has 0 aliphatic carbocycles. The number of hydrogen-bond acceptors (Lipinski definition) is 6. The molecule has 2 N–H and O–H groups in total. The summed E-state index contributed by atoms with van der Waals surface area (Å²) in [6, 6.07) is 1.68. The zero-order valence-corrected chi connectivity index (χ0v) is 18.6. The highest BCUT2D eigenvalue weighted by Gasteiger charge is 2.15. The smallest absolute Gasteiger partial charge is 0.341 e. The van der Waals surface area contributed by atoms with Gasteiger partial charge in [-0.05, 0) is 19.4 Å². The summed E-state index contributed by atoms with van der Waals surface area (Å²) in [4.78, 5) is 21.5. The number of nitrogens with zero attached hydrogens (tertiary/aromatic N) is 2. The van der Waals surface area contributed by atoms with Gasteiger partial charge in [0.15, 0.2) is 5.96 Å². The molecule has 0 radical (unpaired) electrons. The summed E-state index contributed by atoms with van der Waals surface area (Å²) in [5.74, 6) is 1.46. The van der Waals surface area contributed by atoms with Gasteiger partial charge >= 0.3 is 5.97 Å². The fourth-order valence-corrected chi connectivity index (χ4v) is 3.11. The second kappa shape index (κ2) is 11.2. The fourth-order valence-electron chi connectivity index (χ4n) is 2.25. The Balaban J connectivity index is 0.00000338. The van der Waals surface area contributed by atoms with Crippen LogP contribution in [0.5, 0.6) is 0 Å². The highest BCUT2D eigenvalue weighted by molar-refractivity contribution is 14.0. The molecular weight excluding hydrogens is 467 g/mol. The van der Waals surface area contributed by atoms with Crippen molar-refractivity contribution in [2.45, 2.75) is 33.2 Å². The fraction of sp³-hybridized carbons (Fsp3) is 0.471. The number of carbonyl (C=O) groups is 1. The van der Waals surface area contributed by atoms with Crippen molar-refractivity contribution in [1.82, 2.24) is 15.6 Å². The van der Waals surface area contributed by atoms with Crippen LogP contribution in [0, 0.1) is 6.92 Å². The van der Waals surface area contributed by atoms with E-state index >= 15 is 0 Å². The largest absolute Gasteiger partial charge is 0.465 e. The quantitative estimate of drug-likeness (QED) is 0.268. The SMILES string of the molecule is CCc1cnc(CCNC(=NC)NCc2cc(C(=O)OC)c(C)o2)s1.I. The lowest BCUT2D eigenvalue weighted by atomic mass is 10.2. The second-order valence-electron chi connectivity index (χ2n) is 5.35. The Hall–Kier alpha value is -1.62. The first-order valence-electron chi connectivity index (χ1n) is 8.13. The minimum Gasteiger partial charge on any atom is -0.465 e. The second-order valence-corrected chi connectivity index (χ2v) is 6.55. The van der Waals surface area contributed by atoms with Gasteiger partial charge in [-0.3, -0.25) is 4.99 Å². The predicted octanol–water partition coefficient (Wildman–Crippen LogP) is 2.92. The third kappa shape index (κ3) is 6.27. The summed E-state index contributed by atoms with van der Waals surface area (Å²) in [5.41, 5.74) is 0.442. The summed E-state index contributed by atoms with van der Waals surface area (Å²) in [7, 11) is 3.06. The van der Waals surface area contributed by atoms with Crippen molar-refractivity contribution in [2.75, 3.05) is 20.7 Å². The molecule has 0 fully saturated rings. The number of guanidine groups is 1. The number of aliphatic imine (C=N–C) groups is 1. The van der Waals surface area contributed by atoms with Crippen LogP contribution in [0.4, 0.5) is 0 Å². The van der Waals surface area contributed by atoms with Crippen molar-refractivity contribution in [2.24, 2.45) is 4.99 Å². The topological polar surface area (TPSA) is 88.8 Å². The lowest BCUT2D eigenvalue weighted by Crippen LogP contribution is -2.37. The van der Waals surface area contributed by atoms with Crippen molar-refractivity contribution in [3.8, 4) is 0 Å². The summed E-state index contributed by atoms with van der Waals surface area (Å²) in [6.07, 6.45) is 3.80. The molecule has 0 atom stereocenters. The number of nitrogens with one attached hydrogen (secondary N) is 2. The van der Waals surface area contributed by atoms with Crippen LogP contribution >= 0.6 is 35.3 Å². The van der Waals surface area contributed by atoms with Gasteiger partial charge in [-0.25, -0.2) is 9.78 Å². The van der Waals surface area contributed by atoms with Crippen LogP contribution in [0.2, 0.25) is 0 Å². The third-order valence-corrected chi connectivity index (χ3v) is 4.81. The molecule has 0 spiro atoms. The average molecular weight is 492 g/mol. The number of aromatic nitrogens is 1. The van der Waals surface area contributed by atoms with E-state index in [1.807, 2.05) is 6.20 Å². The molecule has 26 heavy (non-hydrogen) atoms. The van der Waals surface area contributed by atoms with Gasteiger partial charge in [0, 0.05) is 31.1 Å². The molecule has 0 aliphatic rings. The van der Waals surface area contributed by atoms with Gasteiger partial charge in [-0.2, -0.15) is 0 Å². The number of methoxy groups -OCH3 is 1. The molecule has 7 nitrogen and oxygen atoms in total. The van der Waals surface area contributed by atoms with E-state index in [4.69, 9.17) is 9.15 Å². The molecule has 9 heteroatoms. The number of thiazole rings is 1. The van der Waals surface area contributed by atoms with Gasteiger partial charge in [0.05, 0.1) is 18.7 Å². The first-order chi connectivity index (χ1) is 12.1. The predicted molar refractivity (Wildman–Crippen MR) is 114 cm³/mol. The summed E-state index contributed by atoms with van der Waals surface area (Å²) in [6.45, 7) is 5.03. The Morgan fingerprint density at radius 1 is 1.42 bits per heavy atom. The maximum Gasteiger partial charge on any atom is 0.341 e. The zero-order valence-electron chi connectivity index (χ0n) is 15.4. The molecule has 0 unspecified atom stereocenters. The van der Waals surface area contributed by atoms with Crippen molar-refractivity contribution < 1.29 is 13.9 Å². The van der Waals surface area contributed by atoms with E-state index in [2.05, 4.69) is 27.5 Å². The number of halogens is 1. The van der Waals surface area contributed by atoms with Gasteiger partial charge in [0.1, 0.15) is 17.1 Å². The molecule has 2 aromatic heterocycles. The van der Waals surface area contributed by atoms with Crippen molar-refractivity contribution in [1.29, 1.82) is 0 Å². The first-order valence-corrected chi connectivity index (χ1v) is 8.94. The normalized spacial score (nSPS) is 11.0. The molecule has 0 aliphatic heterocycles. The monoisotopic (exact) mass is 492 g/mol. The minimum atomic E-state index is -0.398. The lowest BCUT2D eigenvalue weighted by Gasteiger charge is -2.10. The highest BCUT2D eigenvalue weighted by Crippen LogP contribution is 2.15. The highest BCUT2D eigenvalue weighted by atomic mass is 127. The Morgan fingerprint density at radius 3 is 2.81 bits per heavy atom. The van der Waals surface area contributed by atoms with Crippen LogP contribution in [0.1, 0.15) is 38.7 Å². The van der Waals surface area contributed by atoms with Crippen molar-refractivity contribution in [3.63, 3.8) is 0 Å². The van der Waals surface area contributed by atoms with Crippen LogP contribution in [-0.4, -0.2) is 37.6 Å². The molecule has 2 rings (SSSR count). The molecular formula is C17H25IN4O3S. The number of ether oxygens (including phenoxy) is 1. The van der Waals surface area contributed by atoms with Crippen molar-refractivity contribution >= 4 is 47.2 Å². The maximum atomic E-state index is 11.6. The molecule has 0 bridgehead atoms. The molecule has 0 saturated heterocycles. The van der Waals surface area contributed by atoms with E-state index in [-0.39, 0.29) is 24.0 Å². The lowest BCUT2D eigenvalue weighted by molar-refractivity contribution is 0.0599. The van der Waals surface area contributed by atoms with Crippen LogP contribution in [0.15, 0.2) is 21.7 Å². The van der Waals surface area contributed by atoms with E-state index in [0.29, 0.717) is 29.6 Å². The van der Waals surface area contributed by atoms with E-state index in [0.717, 1.165) is 24.4 Å². The molecule has 0 aromatic carbocycles. The Bertz CT molecular complexity index is 742. The summed E-state index contributed by atoms with van der Waals surface area (Å²) < 4.78 is 10.3. The van der Waals surface area contributed by atoms with Gasteiger partial charge in [0.25, 0.3) is 0 Å². The number of esters is 1. The Kier molecular flexibility index (Phi) is 9.63. The van der Waals surface area contributed by atoms with Gasteiger partial charge in [-0.15, -0.1) is 35.3 Å². The van der Waals surface area contributed by atoms with E-state index in [1.54, 1.807) is 31.4 Å². The van der Waals surface area contributed by atoms with Gasteiger partial charge in [0.2, 0.25) is 0 Å². The standard InChI is InChI=1S/C17H24N4O3S.HI/c1-5-13-10-20-15(25-13)6-7-19-17(18-3)21-9-12-8-14(11(2)24-12)16(22)23-4;/h8,10H,5-7,9H2,1-4H3,(H2,18,19,21);1H. The molecule has 0 saturated carbocycles. The molecule has 0 amide bonds. The van der Waals surface area contributed by atoms with E-state index in [9.17, 15) is 4.79 Å². The van der Waals surface area contributed by atoms with Crippen LogP contribution in [0.25, 0.3) is 0 Å². The Labute approximate surface area is 174 Å². The van der Waals surface area contributed by atoms with Gasteiger partial charge in [-0.1, -0.05) is 6.92 Å². The third-order valence-electron chi connectivity index (χ3n) is 3.61. The zero-order chi connectivity index (χ0) is 18.2. The number of rotatable bonds is 7. The number of aryl methyl sites for hydroxylation is 2. The average Bonchev–Trinajstić information content (AvgIpc) is 3.23. The molecule has 144 valence electrons. The maximum absolute atomic E-state index is 11.6. The minimum absolute atomic E-state index is 0.